The Bertz CT molecular complexity index is 663. The molecule has 1 saturated carbocycles. The number of carbonyl (C=O) groups excluding carboxylic acids is 1. The maximum atomic E-state index is 12.3. The molecule has 0 bridgehead atoms. The van der Waals surface area contributed by atoms with Gasteiger partial charge < -0.3 is 10.4 Å². The molecular weight excluding hydrogens is 298 g/mol. The van der Waals surface area contributed by atoms with Crippen molar-refractivity contribution in [3.05, 3.63) is 35.0 Å². The minimum Gasteiger partial charge on any atom is -0.388 e. The quantitative estimate of drug-likeness (QED) is 0.909. The van der Waals surface area contributed by atoms with E-state index in [4.69, 9.17) is 0 Å². The minimum absolute atomic E-state index is 0.169. The molecule has 0 aliphatic heterocycles. The predicted octanol–water partition coefficient (Wildman–Crippen LogP) is 2.55. The fraction of sp³-hybridized carbons (Fsp3) is 0.438. The van der Waals surface area contributed by atoms with Gasteiger partial charge in [0, 0.05) is 12.7 Å². The van der Waals surface area contributed by atoms with Gasteiger partial charge in [0.1, 0.15) is 9.88 Å². The van der Waals surface area contributed by atoms with E-state index in [1.807, 2.05) is 25.1 Å². The van der Waals surface area contributed by atoms with Crippen molar-refractivity contribution in [2.24, 2.45) is 0 Å². The summed E-state index contributed by atoms with van der Waals surface area (Å²) < 4.78 is 0. The van der Waals surface area contributed by atoms with Gasteiger partial charge in [-0.2, -0.15) is 0 Å². The first-order chi connectivity index (χ1) is 10.6. The summed E-state index contributed by atoms with van der Waals surface area (Å²) in [7, 11) is 0. The molecule has 1 aliphatic rings. The van der Waals surface area contributed by atoms with Crippen LogP contribution in [0.2, 0.25) is 0 Å². The van der Waals surface area contributed by atoms with Crippen LogP contribution in [-0.4, -0.2) is 33.1 Å². The van der Waals surface area contributed by atoms with Crippen LogP contribution in [0.3, 0.4) is 0 Å². The topological polar surface area (TPSA) is 75.1 Å². The fourth-order valence-electron chi connectivity index (χ4n) is 2.74. The summed E-state index contributed by atoms with van der Waals surface area (Å²) in [6.45, 7) is 2.13. The number of nitrogens with one attached hydrogen (secondary N) is 1. The van der Waals surface area contributed by atoms with Crippen molar-refractivity contribution in [3.63, 3.8) is 0 Å². The van der Waals surface area contributed by atoms with Crippen molar-refractivity contribution in [1.29, 1.82) is 0 Å². The number of aromatic nitrogens is 2. The second-order valence-electron chi connectivity index (χ2n) is 5.76. The van der Waals surface area contributed by atoms with Gasteiger partial charge in [-0.3, -0.25) is 9.78 Å². The first-order valence-corrected chi connectivity index (χ1v) is 8.28. The number of rotatable bonds is 4. The van der Waals surface area contributed by atoms with E-state index >= 15 is 0 Å². The lowest BCUT2D eigenvalue weighted by atomic mass is 10.0. The number of hydrogen-bond donors (Lipinski definition) is 2. The third kappa shape index (κ3) is 3.18. The monoisotopic (exact) mass is 317 g/mol. The fourth-order valence-corrected chi connectivity index (χ4v) is 3.70. The van der Waals surface area contributed by atoms with Crippen LogP contribution in [0, 0.1) is 6.92 Å². The lowest BCUT2D eigenvalue weighted by molar-refractivity contribution is 0.0450. The molecule has 0 saturated heterocycles. The zero-order valence-corrected chi connectivity index (χ0v) is 13.3. The van der Waals surface area contributed by atoms with Crippen LogP contribution in [0.4, 0.5) is 0 Å². The Morgan fingerprint density at radius 3 is 2.86 bits per heavy atom. The van der Waals surface area contributed by atoms with Crippen molar-refractivity contribution in [3.8, 4) is 10.7 Å². The summed E-state index contributed by atoms with van der Waals surface area (Å²) in [5, 5.41) is 13.9. The smallest absolute Gasteiger partial charge is 0.263 e. The second-order valence-corrected chi connectivity index (χ2v) is 6.76. The summed E-state index contributed by atoms with van der Waals surface area (Å²) in [5.41, 5.74) is 0.726. The van der Waals surface area contributed by atoms with Crippen LogP contribution in [0.25, 0.3) is 10.7 Å². The van der Waals surface area contributed by atoms with Gasteiger partial charge >= 0.3 is 0 Å². The lowest BCUT2D eigenvalue weighted by Gasteiger charge is -2.22. The zero-order chi connectivity index (χ0) is 15.6. The van der Waals surface area contributed by atoms with E-state index in [1.165, 1.54) is 11.3 Å². The third-order valence-electron chi connectivity index (χ3n) is 4.00. The average molecular weight is 317 g/mol. The summed E-state index contributed by atoms with van der Waals surface area (Å²) in [5.74, 6) is -0.169. The highest BCUT2D eigenvalue weighted by Crippen LogP contribution is 2.29. The molecule has 1 amide bonds. The molecule has 0 atom stereocenters. The van der Waals surface area contributed by atoms with Gasteiger partial charge in [-0.05, 0) is 31.9 Å². The summed E-state index contributed by atoms with van der Waals surface area (Å²) >= 11 is 1.33. The normalized spacial score (nSPS) is 16.6. The molecule has 0 aromatic carbocycles. The highest BCUT2D eigenvalue weighted by molar-refractivity contribution is 7.17. The number of pyridine rings is 1. The molecule has 0 spiro atoms. The first kappa shape index (κ1) is 15.1. The lowest BCUT2D eigenvalue weighted by Crippen LogP contribution is -2.40. The molecule has 1 aliphatic carbocycles. The Kier molecular flexibility index (Phi) is 4.22. The van der Waals surface area contributed by atoms with E-state index in [1.54, 1.807) is 6.20 Å². The van der Waals surface area contributed by atoms with Crippen molar-refractivity contribution in [1.82, 2.24) is 15.3 Å². The molecule has 22 heavy (non-hydrogen) atoms. The molecule has 0 unspecified atom stereocenters. The van der Waals surface area contributed by atoms with E-state index in [9.17, 15) is 9.90 Å². The predicted molar refractivity (Wildman–Crippen MR) is 85.8 cm³/mol. The number of aryl methyl sites for hydroxylation is 1. The SMILES string of the molecule is Cc1nc(-c2ccccn2)sc1C(=O)NCC1(O)CCCC1. The Morgan fingerprint density at radius 2 is 2.18 bits per heavy atom. The van der Waals surface area contributed by atoms with Crippen molar-refractivity contribution in [2.75, 3.05) is 6.54 Å². The van der Waals surface area contributed by atoms with Crippen LogP contribution in [0.5, 0.6) is 0 Å². The maximum absolute atomic E-state index is 12.3. The first-order valence-electron chi connectivity index (χ1n) is 7.47. The molecule has 0 radical (unpaired) electrons. The molecule has 2 aromatic heterocycles. The third-order valence-corrected chi connectivity index (χ3v) is 5.18. The summed E-state index contributed by atoms with van der Waals surface area (Å²) in [6.07, 6.45) is 5.27. The van der Waals surface area contributed by atoms with Crippen LogP contribution in [0.1, 0.15) is 41.0 Å². The molecule has 1 fully saturated rings. The van der Waals surface area contributed by atoms with E-state index in [0.29, 0.717) is 17.1 Å². The van der Waals surface area contributed by atoms with Crippen molar-refractivity contribution in [2.45, 2.75) is 38.2 Å². The molecule has 5 nitrogen and oxygen atoms in total. The standard InChI is InChI=1S/C16H19N3O2S/c1-11-13(14(20)18-10-16(21)7-3-4-8-16)22-15(19-11)12-6-2-5-9-17-12/h2,5-6,9,21H,3-4,7-8,10H2,1H3,(H,18,20). The Morgan fingerprint density at radius 1 is 1.41 bits per heavy atom. The van der Waals surface area contributed by atoms with Gasteiger partial charge in [-0.1, -0.05) is 18.9 Å². The number of aliphatic hydroxyl groups is 1. The van der Waals surface area contributed by atoms with E-state index < -0.39 is 5.60 Å². The molecule has 6 heteroatoms. The highest BCUT2D eigenvalue weighted by atomic mass is 32.1. The van der Waals surface area contributed by atoms with Crippen LogP contribution >= 0.6 is 11.3 Å². The maximum Gasteiger partial charge on any atom is 0.263 e. The second kappa shape index (κ2) is 6.14. The van der Waals surface area contributed by atoms with Gasteiger partial charge in [0.15, 0.2) is 0 Å². The molecule has 2 aromatic rings. The molecular formula is C16H19N3O2S. The van der Waals surface area contributed by atoms with Crippen LogP contribution in [-0.2, 0) is 0 Å². The number of hydrogen-bond acceptors (Lipinski definition) is 5. The summed E-state index contributed by atoms with van der Waals surface area (Å²) in [6, 6.07) is 5.62. The zero-order valence-electron chi connectivity index (χ0n) is 12.5. The van der Waals surface area contributed by atoms with Gasteiger partial charge in [0.25, 0.3) is 5.91 Å². The number of carbonyl (C=O) groups is 1. The Balaban J connectivity index is 1.72. The van der Waals surface area contributed by atoms with Gasteiger partial charge in [0.2, 0.25) is 0 Å². The van der Waals surface area contributed by atoms with Crippen LogP contribution < -0.4 is 5.32 Å². The number of thiazole rings is 1. The summed E-state index contributed by atoms with van der Waals surface area (Å²) in [4.78, 5) is 21.6. The van der Waals surface area contributed by atoms with Gasteiger partial charge in [-0.25, -0.2) is 4.98 Å². The van der Waals surface area contributed by atoms with Gasteiger partial charge in [0.05, 0.1) is 17.0 Å². The molecule has 3 rings (SSSR count). The Labute approximate surface area is 133 Å². The van der Waals surface area contributed by atoms with Crippen LogP contribution in [0.15, 0.2) is 24.4 Å². The molecule has 116 valence electrons. The van der Waals surface area contributed by atoms with Crippen molar-refractivity contribution >= 4 is 17.2 Å². The molecule has 2 N–H and O–H groups in total. The van der Waals surface area contributed by atoms with Gasteiger partial charge in [-0.15, -0.1) is 11.3 Å². The van der Waals surface area contributed by atoms with E-state index in [-0.39, 0.29) is 5.91 Å². The average Bonchev–Trinajstić information content (AvgIpc) is 3.13. The number of nitrogens with zero attached hydrogens (tertiary/aromatic N) is 2. The number of amides is 1. The van der Waals surface area contributed by atoms with Crippen molar-refractivity contribution < 1.29 is 9.90 Å². The Hall–Kier alpha value is -1.79. The molecule has 2 heterocycles. The van der Waals surface area contributed by atoms with E-state index in [0.717, 1.165) is 36.4 Å². The highest BCUT2D eigenvalue weighted by Gasteiger charge is 2.31. The largest absolute Gasteiger partial charge is 0.388 e. The van der Waals surface area contributed by atoms with E-state index in [2.05, 4.69) is 15.3 Å². The minimum atomic E-state index is -0.738.